The molecule has 0 aliphatic carbocycles. The third-order valence-corrected chi connectivity index (χ3v) is 3.92. The Morgan fingerprint density at radius 3 is 2.79 bits per heavy atom. The van der Waals surface area contributed by atoms with E-state index in [0.717, 1.165) is 31.9 Å². The highest BCUT2D eigenvalue weighted by molar-refractivity contribution is 5.76. The fourth-order valence-electron chi connectivity index (χ4n) is 2.80. The molecule has 1 atom stereocenters. The van der Waals surface area contributed by atoms with Crippen LogP contribution in [0.3, 0.4) is 0 Å². The summed E-state index contributed by atoms with van der Waals surface area (Å²) in [7, 11) is 0. The van der Waals surface area contributed by atoms with Gasteiger partial charge in [0.05, 0.1) is 0 Å². The van der Waals surface area contributed by atoms with Crippen LogP contribution in [0.1, 0.15) is 38.2 Å². The van der Waals surface area contributed by atoms with Crippen LogP contribution in [0.4, 0.5) is 0 Å². The maximum Gasteiger partial charge on any atom is 0.222 e. The molecule has 1 aromatic heterocycles. The highest BCUT2D eigenvalue weighted by Gasteiger charge is 2.27. The van der Waals surface area contributed by atoms with Crippen molar-refractivity contribution < 1.29 is 4.79 Å². The average Bonchev–Trinajstić information content (AvgIpc) is 2.91. The molecule has 0 spiro atoms. The summed E-state index contributed by atoms with van der Waals surface area (Å²) in [4.78, 5) is 18.4. The van der Waals surface area contributed by atoms with Crippen molar-refractivity contribution in [3.63, 3.8) is 0 Å². The van der Waals surface area contributed by atoms with E-state index in [-0.39, 0.29) is 0 Å². The van der Waals surface area contributed by atoms with Crippen LogP contribution in [0.15, 0.2) is 6.20 Å². The van der Waals surface area contributed by atoms with Crippen molar-refractivity contribution in [2.75, 3.05) is 13.1 Å². The van der Waals surface area contributed by atoms with Gasteiger partial charge in [-0.15, -0.1) is 0 Å². The highest BCUT2D eigenvalue weighted by Crippen LogP contribution is 2.21. The largest absolute Gasteiger partial charge is 0.342 e. The fraction of sp³-hybridized carbons (Fsp3) is 0.733. The maximum absolute atomic E-state index is 12.0. The molecule has 1 fully saturated rings. The van der Waals surface area contributed by atoms with Crippen molar-refractivity contribution in [2.24, 2.45) is 11.8 Å². The van der Waals surface area contributed by atoms with Crippen molar-refractivity contribution in [1.29, 1.82) is 0 Å². The predicted molar refractivity (Wildman–Crippen MR) is 75.8 cm³/mol. The number of nitrogens with zero attached hydrogens (tertiary/aromatic N) is 3. The minimum atomic E-state index is 0.316. The van der Waals surface area contributed by atoms with Crippen molar-refractivity contribution in [2.45, 2.75) is 47.1 Å². The predicted octanol–water partition coefficient (Wildman–Crippen LogP) is 2.39. The lowest BCUT2D eigenvalue weighted by Crippen LogP contribution is -2.30. The van der Waals surface area contributed by atoms with Crippen molar-refractivity contribution >= 4 is 5.91 Å². The zero-order valence-corrected chi connectivity index (χ0v) is 12.5. The molecular weight excluding hydrogens is 238 g/mol. The molecule has 1 aliphatic rings. The Morgan fingerprint density at radius 2 is 2.21 bits per heavy atom. The lowest BCUT2D eigenvalue weighted by molar-refractivity contribution is -0.131. The number of carbonyl (C=O) groups is 1. The zero-order chi connectivity index (χ0) is 14.0. The summed E-state index contributed by atoms with van der Waals surface area (Å²) in [5.41, 5.74) is 1.21. The average molecular weight is 263 g/mol. The van der Waals surface area contributed by atoms with Crippen LogP contribution in [0, 0.1) is 25.7 Å². The Labute approximate surface area is 115 Å². The SMILES string of the molecule is Cc1cnc(C)n1CC1CCN(C(=O)CC(C)C)C1. The maximum atomic E-state index is 12.0. The van der Waals surface area contributed by atoms with E-state index in [2.05, 4.69) is 30.3 Å². The van der Waals surface area contributed by atoms with Gasteiger partial charge < -0.3 is 9.47 Å². The number of aromatic nitrogens is 2. The molecule has 0 bridgehead atoms. The van der Waals surface area contributed by atoms with Crippen molar-refractivity contribution in [3.05, 3.63) is 17.7 Å². The van der Waals surface area contributed by atoms with Gasteiger partial charge in [0.25, 0.3) is 0 Å². The molecule has 0 radical (unpaired) electrons. The topological polar surface area (TPSA) is 38.1 Å². The summed E-state index contributed by atoms with van der Waals surface area (Å²) in [6, 6.07) is 0. The number of hydrogen-bond donors (Lipinski definition) is 0. The Bertz CT molecular complexity index is 431. The monoisotopic (exact) mass is 263 g/mol. The van der Waals surface area contributed by atoms with E-state index < -0.39 is 0 Å². The second kappa shape index (κ2) is 5.76. The van der Waals surface area contributed by atoms with Crippen LogP contribution in [0.2, 0.25) is 0 Å². The standard InChI is InChI=1S/C15H25N3O/c1-11(2)7-15(19)17-6-5-14(9-17)10-18-12(3)8-16-13(18)4/h8,11,14H,5-7,9-10H2,1-4H3. The van der Waals surface area contributed by atoms with Crippen LogP contribution in [-0.2, 0) is 11.3 Å². The van der Waals surface area contributed by atoms with Gasteiger partial charge in [0.15, 0.2) is 0 Å². The molecule has 0 N–H and O–H groups in total. The smallest absolute Gasteiger partial charge is 0.222 e. The van der Waals surface area contributed by atoms with Crippen LogP contribution >= 0.6 is 0 Å². The van der Waals surface area contributed by atoms with E-state index in [4.69, 9.17) is 0 Å². The first-order valence-corrected chi connectivity index (χ1v) is 7.24. The minimum Gasteiger partial charge on any atom is -0.342 e. The van der Waals surface area contributed by atoms with Gasteiger partial charge in [0.2, 0.25) is 5.91 Å². The Hall–Kier alpha value is -1.32. The van der Waals surface area contributed by atoms with E-state index in [0.29, 0.717) is 24.2 Å². The molecule has 0 aromatic carbocycles. The zero-order valence-electron chi connectivity index (χ0n) is 12.5. The Balaban J connectivity index is 1.90. The van der Waals surface area contributed by atoms with Gasteiger partial charge in [-0.05, 0) is 32.1 Å². The lowest BCUT2D eigenvalue weighted by Gasteiger charge is -2.18. The van der Waals surface area contributed by atoms with Gasteiger partial charge in [-0.3, -0.25) is 4.79 Å². The van der Waals surface area contributed by atoms with Gasteiger partial charge in [0.1, 0.15) is 5.82 Å². The van der Waals surface area contributed by atoms with E-state index in [1.165, 1.54) is 5.69 Å². The third kappa shape index (κ3) is 3.37. The van der Waals surface area contributed by atoms with E-state index in [1.54, 1.807) is 0 Å². The van der Waals surface area contributed by atoms with E-state index in [9.17, 15) is 4.79 Å². The molecule has 1 aromatic rings. The molecule has 1 aliphatic heterocycles. The van der Waals surface area contributed by atoms with E-state index in [1.807, 2.05) is 18.0 Å². The molecule has 1 unspecified atom stereocenters. The number of aryl methyl sites for hydroxylation is 2. The molecule has 2 rings (SSSR count). The molecule has 1 amide bonds. The molecule has 2 heterocycles. The van der Waals surface area contributed by atoms with Gasteiger partial charge in [-0.1, -0.05) is 13.8 Å². The normalized spacial score (nSPS) is 19.4. The van der Waals surface area contributed by atoms with E-state index >= 15 is 0 Å². The first kappa shape index (κ1) is 14.1. The summed E-state index contributed by atoms with van der Waals surface area (Å²) < 4.78 is 2.26. The summed E-state index contributed by atoms with van der Waals surface area (Å²) in [6.45, 7) is 11.2. The summed E-state index contributed by atoms with van der Waals surface area (Å²) in [5, 5.41) is 0. The number of imidazole rings is 1. The number of carbonyl (C=O) groups excluding carboxylic acids is 1. The number of rotatable bonds is 4. The molecule has 0 saturated carbocycles. The number of likely N-dealkylation sites (tertiary alicyclic amines) is 1. The second-order valence-electron chi connectivity index (χ2n) is 6.15. The molecule has 106 valence electrons. The molecule has 4 nitrogen and oxygen atoms in total. The van der Waals surface area contributed by atoms with Crippen LogP contribution in [-0.4, -0.2) is 33.4 Å². The highest BCUT2D eigenvalue weighted by atomic mass is 16.2. The van der Waals surface area contributed by atoms with Crippen molar-refractivity contribution in [1.82, 2.24) is 14.5 Å². The van der Waals surface area contributed by atoms with Gasteiger partial charge in [-0.25, -0.2) is 4.98 Å². The fourth-order valence-corrected chi connectivity index (χ4v) is 2.80. The Kier molecular flexibility index (Phi) is 4.27. The number of amides is 1. The summed E-state index contributed by atoms with van der Waals surface area (Å²) >= 11 is 0. The molecule has 19 heavy (non-hydrogen) atoms. The van der Waals surface area contributed by atoms with Gasteiger partial charge in [0, 0.05) is 37.9 Å². The summed E-state index contributed by atoms with van der Waals surface area (Å²) in [5.74, 6) is 2.41. The summed E-state index contributed by atoms with van der Waals surface area (Å²) in [6.07, 6.45) is 3.71. The van der Waals surface area contributed by atoms with Crippen LogP contribution < -0.4 is 0 Å². The third-order valence-electron chi connectivity index (χ3n) is 3.92. The van der Waals surface area contributed by atoms with Crippen LogP contribution in [0.5, 0.6) is 0 Å². The Morgan fingerprint density at radius 1 is 1.47 bits per heavy atom. The lowest BCUT2D eigenvalue weighted by atomic mass is 10.1. The molecule has 4 heteroatoms. The minimum absolute atomic E-state index is 0.316. The second-order valence-corrected chi connectivity index (χ2v) is 6.15. The van der Waals surface area contributed by atoms with Crippen molar-refractivity contribution in [3.8, 4) is 0 Å². The molecular formula is C15H25N3O. The van der Waals surface area contributed by atoms with Crippen LogP contribution in [0.25, 0.3) is 0 Å². The first-order chi connectivity index (χ1) is 8.97. The first-order valence-electron chi connectivity index (χ1n) is 7.24. The quantitative estimate of drug-likeness (QED) is 0.836. The van der Waals surface area contributed by atoms with Gasteiger partial charge in [-0.2, -0.15) is 0 Å². The number of hydrogen-bond acceptors (Lipinski definition) is 2. The van der Waals surface area contributed by atoms with Gasteiger partial charge >= 0.3 is 0 Å². The molecule has 1 saturated heterocycles.